The third kappa shape index (κ3) is 5.10. The quantitative estimate of drug-likeness (QED) is 0.210. The number of hydrogen-bond acceptors (Lipinski definition) is 8. The van der Waals surface area contributed by atoms with Gasteiger partial charge in [0.1, 0.15) is 0 Å². The number of rotatable bonds is 7. The van der Waals surface area contributed by atoms with E-state index in [0.717, 1.165) is 21.8 Å². The van der Waals surface area contributed by atoms with E-state index in [4.69, 9.17) is 9.47 Å². The van der Waals surface area contributed by atoms with Crippen LogP contribution in [0.5, 0.6) is 17.4 Å². The van der Waals surface area contributed by atoms with Gasteiger partial charge >= 0.3 is 5.69 Å². The number of thioether (sulfide) groups is 1. The van der Waals surface area contributed by atoms with Gasteiger partial charge in [0, 0.05) is 16.7 Å². The van der Waals surface area contributed by atoms with Crippen LogP contribution in [0.1, 0.15) is 11.1 Å². The topological polar surface area (TPSA) is 112 Å². The molecule has 2 aromatic carbocycles. The number of hydrogen-bond donors (Lipinski definition) is 0. The van der Waals surface area contributed by atoms with Crippen molar-refractivity contribution in [1.82, 2.24) is 9.88 Å². The lowest BCUT2D eigenvalue weighted by atomic mass is 10.1. The molecule has 1 aliphatic heterocycles. The monoisotopic (exact) mass is 541 g/mol. The van der Waals surface area contributed by atoms with Crippen molar-refractivity contribution >= 4 is 50.6 Å². The standard InChI is InChI=1S/C23H16BrN3O6S/c1-32-19-11-14(7-8-18(19)33-21-17(27(30)31)6-3-9-25-21)12-20-22(28)26(23(29)34-20)13-15-4-2-5-16(24)10-15/h2-12H,13H2,1H3/b20-12-. The van der Waals surface area contributed by atoms with Crippen LogP contribution >= 0.6 is 27.7 Å². The van der Waals surface area contributed by atoms with E-state index in [2.05, 4.69) is 20.9 Å². The van der Waals surface area contributed by atoms with Gasteiger partial charge in [-0.15, -0.1) is 0 Å². The molecule has 0 saturated carbocycles. The van der Waals surface area contributed by atoms with Crippen LogP contribution in [0.15, 0.2) is 70.2 Å². The largest absolute Gasteiger partial charge is 0.493 e. The summed E-state index contributed by atoms with van der Waals surface area (Å²) in [5, 5.41) is 10.9. The average Bonchev–Trinajstić information content (AvgIpc) is 3.07. The van der Waals surface area contributed by atoms with Gasteiger partial charge in [-0.1, -0.05) is 34.1 Å². The number of amides is 2. The number of ether oxygens (including phenoxy) is 2. The number of carbonyl (C=O) groups is 2. The molecule has 0 unspecified atom stereocenters. The number of pyridine rings is 1. The van der Waals surface area contributed by atoms with E-state index in [0.29, 0.717) is 5.56 Å². The van der Waals surface area contributed by atoms with E-state index in [1.54, 1.807) is 24.3 Å². The highest BCUT2D eigenvalue weighted by molar-refractivity contribution is 9.10. The summed E-state index contributed by atoms with van der Waals surface area (Å²) in [6.45, 7) is 0.167. The molecule has 1 aromatic heterocycles. The Morgan fingerprint density at radius 2 is 1.97 bits per heavy atom. The van der Waals surface area contributed by atoms with Crippen LogP contribution in [0.2, 0.25) is 0 Å². The number of carbonyl (C=O) groups excluding carboxylic acids is 2. The smallest absolute Gasteiger partial charge is 0.331 e. The van der Waals surface area contributed by atoms with Gasteiger partial charge in [-0.25, -0.2) is 4.98 Å². The van der Waals surface area contributed by atoms with Crippen LogP contribution in [0.3, 0.4) is 0 Å². The molecule has 4 rings (SSSR count). The summed E-state index contributed by atoms with van der Waals surface area (Å²) in [4.78, 5) is 41.3. The molecule has 9 nitrogen and oxygen atoms in total. The van der Waals surface area contributed by atoms with Gasteiger partial charge in [0.15, 0.2) is 11.5 Å². The molecular formula is C23H16BrN3O6S. The zero-order valence-corrected chi connectivity index (χ0v) is 20.0. The Labute approximate surface area is 206 Å². The average molecular weight is 542 g/mol. The fourth-order valence-electron chi connectivity index (χ4n) is 3.17. The zero-order valence-electron chi connectivity index (χ0n) is 17.6. The van der Waals surface area contributed by atoms with Crippen LogP contribution in [-0.4, -0.2) is 33.1 Å². The molecule has 0 aliphatic carbocycles. The van der Waals surface area contributed by atoms with Crippen molar-refractivity contribution in [2.75, 3.05) is 7.11 Å². The Morgan fingerprint density at radius 1 is 1.15 bits per heavy atom. The lowest BCUT2D eigenvalue weighted by molar-refractivity contribution is -0.386. The highest BCUT2D eigenvalue weighted by atomic mass is 79.9. The van der Waals surface area contributed by atoms with E-state index in [1.165, 1.54) is 30.3 Å². The number of aromatic nitrogens is 1. The first-order chi connectivity index (χ1) is 16.4. The molecule has 2 heterocycles. The second-order valence-electron chi connectivity index (χ2n) is 6.99. The highest BCUT2D eigenvalue weighted by Gasteiger charge is 2.35. The minimum atomic E-state index is -0.590. The first kappa shape index (κ1) is 23.5. The van der Waals surface area contributed by atoms with E-state index < -0.39 is 10.8 Å². The van der Waals surface area contributed by atoms with Gasteiger partial charge in [0.05, 0.1) is 23.5 Å². The molecule has 172 valence electrons. The van der Waals surface area contributed by atoms with E-state index in [1.807, 2.05) is 24.3 Å². The van der Waals surface area contributed by atoms with Gasteiger partial charge in [0.25, 0.3) is 17.0 Å². The summed E-state index contributed by atoms with van der Waals surface area (Å²) in [5.41, 5.74) is 1.13. The van der Waals surface area contributed by atoms with Crippen molar-refractivity contribution in [2.45, 2.75) is 6.54 Å². The first-order valence-electron chi connectivity index (χ1n) is 9.81. The summed E-state index contributed by atoms with van der Waals surface area (Å²) in [6, 6.07) is 14.9. The molecule has 0 radical (unpaired) electrons. The maximum atomic E-state index is 12.8. The van der Waals surface area contributed by atoms with Crippen LogP contribution in [0, 0.1) is 10.1 Å². The minimum absolute atomic E-state index is 0.167. The van der Waals surface area contributed by atoms with Crippen molar-refractivity contribution in [3.05, 3.63) is 91.4 Å². The Bertz CT molecular complexity index is 1330. The van der Waals surface area contributed by atoms with Crippen LogP contribution in [0.4, 0.5) is 10.5 Å². The van der Waals surface area contributed by atoms with Crippen LogP contribution in [0.25, 0.3) is 6.08 Å². The molecular weight excluding hydrogens is 526 g/mol. The van der Waals surface area contributed by atoms with Gasteiger partial charge in [-0.2, -0.15) is 0 Å². The summed E-state index contributed by atoms with van der Waals surface area (Å²) >= 11 is 4.24. The number of imide groups is 1. The second-order valence-corrected chi connectivity index (χ2v) is 8.90. The number of nitrogens with zero attached hydrogens (tertiary/aromatic N) is 3. The molecule has 1 saturated heterocycles. The molecule has 0 N–H and O–H groups in total. The Morgan fingerprint density at radius 3 is 2.71 bits per heavy atom. The van der Waals surface area contributed by atoms with Crippen molar-refractivity contribution in [1.29, 1.82) is 0 Å². The van der Waals surface area contributed by atoms with Gasteiger partial charge in [0.2, 0.25) is 0 Å². The highest BCUT2D eigenvalue weighted by Crippen LogP contribution is 2.37. The molecule has 0 spiro atoms. The Kier molecular flexibility index (Phi) is 6.94. The summed E-state index contributed by atoms with van der Waals surface area (Å²) in [5.74, 6) is -0.0723. The number of halogens is 1. The summed E-state index contributed by atoms with van der Waals surface area (Å²) < 4.78 is 11.8. The predicted octanol–water partition coefficient (Wildman–Crippen LogP) is 5.79. The molecule has 11 heteroatoms. The predicted molar refractivity (Wildman–Crippen MR) is 130 cm³/mol. The molecule has 1 fully saturated rings. The Balaban J connectivity index is 1.56. The number of nitro groups is 1. The fourth-order valence-corrected chi connectivity index (χ4v) is 4.45. The zero-order chi connectivity index (χ0) is 24.2. The Hall–Kier alpha value is -3.70. The maximum Gasteiger partial charge on any atom is 0.331 e. The fraction of sp³-hybridized carbons (Fsp3) is 0.0870. The van der Waals surface area contributed by atoms with Crippen LogP contribution in [-0.2, 0) is 11.3 Å². The SMILES string of the molecule is COc1cc(/C=C2\SC(=O)N(Cc3cccc(Br)c3)C2=O)ccc1Oc1ncccc1[N+](=O)[O-]. The van der Waals surface area contributed by atoms with E-state index >= 15 is 0 Å². The van der Waals surface area contributed by atoms with Crippen molar-refractivity contribution in [3.8, 4) is 17.4 Å². The normalized spacial score (nSPS) is 14.5. The number of benzene rings is 2. The van der Waals surface area contributed by atoms with Gasteiger partial charge < -0.3 is 9.47 Å². The molecule has 2 amide bonds. The molecule has 0 bridgehead atoms. The van der Waals surface area contributed by atoms with E-state index in [9.17, 15) is 19.7 Å². The molecule has 1 aliphatic rings. The first-order valence-corrected chi connectivity index (χ1v) is 11.4. The van der Waals surface area contributed by atoms with Crippen molar-refractivity contribution < 1.29 is 24.0 Å². The second kappa shape index (κ2) is 10.1. The lowest BCUT2D eigenvalue weighted by Gasteiger charge is -2.12. The minimum Gasteiger partial charge on any atom is -0.493 e. The lowest BCUT2D eigenvalue weighted by Crippen LogP contribution is -2.27. The number of methoxy groups -OCH3 is 1. The van der Waals surface area contributed by atoms with E-state index in [-0.39, 0.29) is 39.8 Å². The van der Waals surface area contributed by atoms with Crippen LogP contribution < -0.4 is 9.47 Å². The van der Waals surface area contributed by atoms with Crippen molar-refractivity contribution in [2.24, 2.45) is 0 Å². The third-order valence-electron chi connectivity index (χ3n) is 4.74. The molecule has 0 atom stereocenters. The van der Waals surface area contributed by atoms with Crippen molar-refractivity contribution in [3.63, 3.8) is 0 Å². The van der Waals surface area contributed by atoms with Gasteiger partial charge in [-0.05, 0) is 59.3 Å². The molecule has 3 aromatic rings. The maximum absolute atomic E-state index is 12.8. The molecule has 34 heavy (non-hydrogen) atoms. The summed E-state index contributed by atoms with van der Waals surface area (Å²) in [7, 11) is 1.42. The summed E-state index contributed by atoms with van der Waals surface area (Å²) in [6.07, 6.45) is 2.97. The third-order valence-corrected chi connectivity index (χ3v) is 6.14. The van der Waals surface area contributed by atoms with Gasteiger partial charge in [-0.3, -0.25) is 24.6 Å².